The lowest BCUT2D eigenvalue weighted by molar-refractivity contribution is 0.666. The van der Waals surface area contributed by atoms with Gasteiger partial charge in [-0.15, -0.1) is 0 Å². The van der Waals surface area contributed by atoms with Crippen molar-refractivity contribution < 1.29 is 0 Å². The van der Waals surface area contributed by atoms with Crippen LogP contribution < -0.4 is 10.2 Å². The lowest BCUT2D eigenvalue weighted by Gasteiger charge is -2.20. The minimum absolute atomic E-state index is 0.358. The number of rotatable bonds is 3. The summed E-state index contributed by atoms with van der Waals surface area (Å²) in [5.41, 5.74) is 3.34. The second-order valence-electron chi connectivity index (χ2n) is 5.79. The molecule has 0 spiro atoms. The highest BCUT2D eigenvalue weighted by molar-refractivity contribution is 7.82. The number of nitrogens with zero attached hydrogens (tertiary/aromatic N) is 4. The molecule has 2 aromatic carbocycles. The minimum Gasteiger partial charge on any atom is -0.343 e. The molecule has 134 valence electrons. The van der Waals surface area contributed by atoms with Crippen LogP contribution >= 0.6 is 36.0 Å². The van der Waals surface area contributed by atoms with E-state index in [9.17, 15) is 0 Å². The van der Waals surface area contributed by atoms with Crippen LogP contribution in [0.2, 0.25) is 5.02 Å². The maximum absolute atomic E-state index is 6.41. The highest BCUT2D eigenvalue weighted by atomic mass is 35.5. The van der Waals surface area contributed by atoms with Gasteiger partial charge in [0.1, 0.15) is 10.7 Å². The fraction of sp³-hybridized carbons (Fsp3) is 0.0526. The van der Waals surface area contributed by atoms with E-state index in [0.717, 1.165) is 16.9 Å². The molecule has 0 amide bonds. The molecular formula is C19H14ClN5S2. The van der Waals surface area contributed by atoms with E-state index in [1.54, 1.807) is 12.5 Å². The number of benzene rings is 2. The molecule has 0 aliphatic carbocycles. The molecule has 5 nitrogen and oxygen atoms in total. The van der Waals surface area contributed by atoms with Crippen molar-refractivity contribution in [3.63, 3.8) is 0 Å². The Morgan fingerprint density at radius 3 is 2.59 bits per heavy atom. The molecule has 1 aliphatic rings. The molecule has 0 saturated carbocycles. The Kier molecular flexibility index (Phi) is 4.98. The molecule has 27 heavy (non-hydrogen) atoms. The third kappa shape index (κ3) is 3.49. The summed E-state index contributed by atoms with van der Waals surface area (Å²) in [6, 6.07) is 15.5. The second-order valence-corrected chi connectivity index (χ2v) is 6.97. The predicted molar refractivity (Wildman–Crippen MR) is 117 cm³/mol. The van der Waals surface area contributed by atoms with Gasteiger partial charge in [0, 0.05) is 18.0 Å². The van der Waals surface area contributed by atoms with Gasteiger partial charge in [-0.25, -0.2) is 9.98 Å². The number of aliphatic imine (C=N–C) groups is 1. The lowest BCUT2D eigenvalue weighted by Crippen LogP contribution is -2.27. The molecule has 0 radical (unpaired) electrons. The van der Waals surface area contributed by atoms with Gasteiger partial charge < -0.3 is 9.88 Å². The first-order valence-electron chi connectivity index (χ1n) is 8.16. The number of thiocarbonyl (C=S) groups is 2. The third-order valence-corrected chi connectivity index (χ3v) is 5.02. The van der Waals surface area contributed by atoms with Gasteiger partial charge in [-0.3, -0.25) is 4.90 Å². The molecule has 1 N–H and O–H groups in total. The Morgan fingerprint density at radius 1 is 1.11 bits per heavy atom. The minimum atomic E-state index is 0.358. The van der Waals surface area contributed by atoms with Gasteiger partial charge in [-0.05, 0) is 30.4 Å². The normalized spacial score (nSPS) is 14.5. The van der Waals surface area contributed by atoms with E-state index in [4.69, 9.17) is 36.0 Å². The Hall–Kier alpha value is -2.61. The van der Waals surface area contributed by atoms with E-state index in [0.29, 0.717) is 27.5 Å². The monoisotopic (exact) mass is 411 g/mol. The van der Waals surface area contributed by atoms with Gasteiger partial charge in [-0.2, -0.15) is 0 Å². The zero-order valence-corrected chi connectivity index (χ0v) is 16.4. The molecule has 1 aromatic heterocycles. The van der Waals surface area contributed by atoms with Crippen LogP contribution in [0.1, 0.15) is 5.56 Å². The SMILES string of the molecule is S=C(/N=C1\C(=S)N(c2ccccc2Cl)c2ccccc21)NCn1ccnc1. The standard InChI is InChI=1S/C19H14ClN5S2/c20-14-6-2-4-8-16(14)25-15-7-3-1-5-13(15)17(18(25)26)23-19(27)22-12-24-10-9-21-11-24/h1-11H,12H2,(H,22,27)/b23-17-. The summed E-state index contributed by atoms with van der Waals surface area (Å²) in [6.45, 7) is 0.484. The number of hydrogen-bond acceptors (Lipinski definition) is 3. The smallest absolute Gasteiger partial charge is 0.194 e. The first kappa shape index (κ1) is 17.8. The highest BCUT2D eigenvalue weighted by Gasteiger charge is 2.32. The molecule has 2 heterocycles. The number of anilines is 2. The van der Waals surface area contributed by atoms with E-state index in [1.165, 1.54) is 0 Å². The van der Waals surface area contributed by atoms with Gasteiger partial charge in [-0.1, -0.05) is 54.2 Å². The van der Waals surface area contributed by atoms with Crippen molar-refractivity contribution in [1.82, 2.24) is 14.9 Å². The molecule has 1 aliphatic heterocycles. The van der Waals surface area contributed by atoms with Crippen molar-refractivity contribution in [1.29, 1.82) is 0 Å². The lowest BCUT2D eigenvalue weighted by atomic mass is 10.1. The average Bonchev–Trinajstić information content (AvgIpc) is 3.28. The number of halogens is 1. The third-order valence-electron chi connectivity index (χ3n) is 4.08. The van der Waals surface area contributed by atoms with Crippen LogP contribution in [0.4, 0.5) is 11.4 Å². The summed E-state index contributed by atoms with van der Waals surface area (Å²) < 4.78 is 1.86. The summed E-state index contributed by atoms with van der Waals surface area (Å²) in [5.74, 6) is 0. The summed E-state index contributed by atoms with van der Waals surface area (Å²) in [5, 5.41) is 4.07. The summed E-state index contributed by atoms with van der Waals surface area (Å²) in [4.78, 5) is 11.1. The molecule has 0 unspecified atom stereocenters. The van der Waals surface area contributed by atoms with Gasteiger partial charge in [0.25, 0.3) is 0 Å². The van der Waals surface area contributed by atoms with Crippen molar-refractivity contribution in [2.45, 2.75) is 6.67 Å². The van der Waals surface area contributed by atoms with Crippen LogP contribution in [0, 0.1) is 0 Å². The van der Waals surface area contributed by atoms with Gasteiger partial charge >= 0.3 is 0 Å². The van der Waals surface area contributed by atoms with Gasteiger partial charge in [0.2, 0.25) is 0 Å². The maximum Gasteiger partial charge on any atom is 0.194 e. The summed E-state index contributed by atoms with van der Waals surface area (Å²) in [7, 11) is 0. The van der Waals surface area contributed by atoms with Gasteiger partial charge in [0.05, 0.1) is 29.4 Å². The van der Waals surface area contributed by atoms with E-state index in [-0.39, 0.29) is 0 Å². The number of nitrogens with one attached hydrogen (secondary N) is 1. The van der Waals surface area contributed by atoms with Crippen molar-refractivity contribution in [2.75, 3.05) is 4.90 Å². The van der Waals surface area contributed by atoms with Crippen LogP contribution in [0.15, 0.2) is 72.2 Å². The van der Waals surface area contributed by atoms with Crippen LogP contribution in [0.25, 0.3) is 0 Å². The zero-order chi connectivity index (χ0) is 18.8. The van der Waals surface area contributed by atoms with E-state index < -0.39 is 0 Å². The summed E-state index contributed by atoms with van der Waals surface area (Å²) >= 11 is 17.5. The van der Waals surface area contributed by atoms with Crippen LogP contribution in [0.3, 0.4) is 0 Å². The summed E-state index contributed by atoms with van der Waals surface area (Å²) in [6.07, 6.45) is 5.26. The second kappa shape index (κ2) is 7.56. The molecule has 0 bridgehead atoms. The van der Waals surface area contributed by atoms with Crippen molar-refractivity contribution in [2.24, 2.45) is 4.99 Å². The van der Waals surface area contributed by atoms with Gasteiger partial charge in [0.15, 0.2) is 5.11 Å². The quantitative estimate of drug-likeness (QED) is 0.649. The molecule has 0 fully saturated rings. The Balaban J connectivity index is 1.67. The number of fused-ring (bicyclic) bond motifs is 1. The maximum atomic E-state index is 6.41. The fourth-order valence-electron chi connectivity index (χ4n) is 2.86. The largest absolute Gasteiger partial charge is 0.343 e. The molecule has 0 atom stereocenters. The van der Waals surface area contributed by atoms with E-state index in [2.05, 4.69) is 15.3 Å². The van der Waals surface area contributed by atoms with Crippen molar-refractivity contribution in [3.05, 3.63) is 77.8 Å². The number of imidazole rings is 1. The topological polar surface area (TPSA) is 45.5 Å². The Labute approximate surface area is 172 Å². The first-order valence-corrected chi connectivity index (χ1v) is 9.35. The van der Waals surface area contributed by atoms with E-state index >= 15 is 0 Å². The number of hydrogen-bond donors (Lipinski definition) is 1. The van der Waals surface area contributed by atoms with Crippen molar-refractivity contribution >= 4 is 63.2 Å². The zero-order valence-electron chi connectivity index (χ0n) is 14.0. The molecular weight excluding hydrogens is 398 g/mol. The average molecular weight is 412 g/mol. The molecule has 0 saturated heterocycles. The molecule has 3 aromatic rings. The van der Waals surface area contributed by atoms with E-state index in [1.807, 2.05) is 64.2 Å². The first-order chi connectivity index (χ1) is 13.1. The number of aromatic nitrogens is 2. The molecule has 4 rings (SSSR count). The van der Waals surface area contributed by atoms with Crippen LogP contribution in [-0.4, -0.2) is 25.4 Å². The Morgan fingerprint density at radius 2 is 1.85 bits per heavy atom. The predicted octanol–water partition coefficient (Wildman–Crippen LogP) is 4.34. The Bertz CT molecular complexity index is 1050. The van der Waals surface area contributed by atoms with Crippen LogP contribution in [-0.2, 0) is 6.67 Å². The van der Waals surface area contributed by atoms with Crippen molar-refractivity contribution in [3.8, 4) is 0 Å². The molecule has 8 heteroatoms. The fourth-order valence-corrected chi connectivity index (χ4v) is 3.59. The highest BCUT2D eigenvalue weighted by Crippen LogP contribution is 2.39. The van der Waals surface area contributed by atoms with Crippen LogP contribution in [0.5, 0.6) is 0 Å². The number of para-hydroxylation sites is 2.